The van der Waals surface area contributed by atoms with Crippen LogP contribution in [-0.4, -0.2) is 24.2 Å². The molecule has 6 heteroatoms. The van der Waals surface area contributed by atoms with Crippen LogP contribution in [-0.2, 0) is 6.42 Å². The van der Waals surface area contributed by atoms with Gasteiger partial charge in [-0.25, -0.2) is 4.98 Å². The molecule has 2 heterocycles. The molecular weight excluding hydrogens is 336 g/mol. The third-order valence-corrected chi connectivity index (χ3v) is 4.51. The summed E-state index contributed by atoms with van der Waals surface area (Å²) >= 11 is 5.50. The molecule has 1 aliphatic rings. The van der Waals surface area contributed by atoms with Gasteiger partial charge in [0.05, 0.1) is 19.8 Å². The lowest BCUT2D eigenvalue weighted by atomic mass is 10.0. The molecule has 0 saturated carbocycles. The van der Waals surface area contributed by atoms with Crippen LogP contribution in [0.1, 0.15) is 11.1 Å². The van der Waals surface area contributed by atoms with Crippen molar-refractivity contribution in [3.8, 4) is 34.5 Å². The minimum absolute atomic E-state index is 0.528. The van der Waals surface area contributed by atoms with E-state index in [9.17, 15) is 0 Å². The SMILES string of the molecule is COc1cccc(-c2nc(=S)c3c([nH]2)Oc2c(cccc2OC)C3)c1. The molecule has 5 nitrogen and oxygen atoms in total. The molecule has 0 saturated heterocycles. The summed E-state index contributed by atoms with van der Waals surface area (Å²) in [6.07, 6.45) is 0.655. The van der Waals surface area contributed by atoms with Gasteiger partial charge in [0.2, 0.25) is 5.88 Å². The first kappa shape index (κ1) is 15.7. The average molecular weight is 352 g/mol. The molecule has 0 fully saturated rings. The smallest absolute Gasteiger partial charge is 0.205 e. The van der Waals surface area contributed by atoms with Crippen LogP contribution in [0.5, 0.6) is 23.1 Å². The number of ether oxygens (including phenoxy) is 3. The minimum Gasteiger partial charge on any atom is -0.497 e. The zero-order valence-corrected chi connectivity index (χ0v) is 14.6. The minimum atomic E-state index is 0.528. The molecule has 2 aromatic carbocycles. The first-order valence-corrected chi connectivity index (χ1v) is 8.22. The van der Waals surface area contributed by atoms with Crippen molar-refractivity contribution < 1.29 is 14.2 Å². The number of fused-ring (bicyclic) bond motifs is 2. The van der Waals surface area contributed by atoms with Gasteiger partial charge >= 0.3 is 0 Å². The van der Waals surface area contributed by atoms with Crippen LogP contribution in [0.4, 0.5) is 0 Å². The summed E-state index contributed by atoms with van der Waals surface area (Å²) in [4.78, 5) is 7.79. The Morgan fingerprint density at radius 2 is 1.96 bits per heavy atom. The van der Waals surface area contributed by atoms with E-state index in [1.54, 1.807) is 14.2 Å². The first-order chi connectivity index (χ1) is 12.2. The van der Waals surface area contributed by atoms with Crippen LogP contribution in [0.2, 0.25) is 0 Å². The van der Waals surface area contributed by atoms with Crippen molar-refractivity contribution in [1.82, 2.24) is 9.97 Å². The van der Waals surface area contributed by atoms with Crippen LogP contribution in [0.3, 0.4) is 0 Å². The van der Waals surface area contributed by atoms with Gasteiger partial charge in [0.25, 0.3) is 0 Å². The summed E-state index contributed by atoms with van der Waals surface area (Å²) in [7, 11) is 3.26. The normalized spacial score (nSPS) is 11.9. The van der Waals surface area contributed by atoms with Crippen LogP contribution in [0.25, 0.3) is 11.4 Å². The topological polar surface area (TPSA) is 56.4 Å². The van der Waals surface area contributed by atoms with Gasteiger partial charge in [0, 0.05) is 17.5 Å². The summed E-state index contributed by atoms with van der Waals surface area (Å²) < 4.78 is 17.3. The van der Waals surface area contributed by atoms with E-state index >= 15 is 0 Å². The number of nitrogens with zero attached hydrogens (tertiary/aromatic N) is 1. The molecule has 0 aliphatic carbocycles. The van der Waals surface area contributed by atoms with E-state index in [4.69, 9.17) is 26.4 Å². The highest BCUT2D eigenvalue weighted by molar-refractivity contribution is 7.71. The van der Waals surface area contributed by atoms with Crippen molar-refractivity contribution in [2.45, 2.75) is 6.42 Å². The lowest BCUT2D eigenvalue weighted by Gasteiger charge is -2.22. The van der Waals surface area contributed by atoms with E-state index < -0.39 is 0 Å². The second-order valence-electron chi connectivity index (χ2n) is 5.66. The van der Waals surface area contributed by atoms with E-state index in [0.29, 0.717) is 34.3 Å². The van der Waals surface area contributed by atoms with Crippen LogP contribution in [0.15, 0.2) is 42.5 Å². The lowest BCUT2D eigenvalue weighted by Crippen LogP contribution is -2.08. The van der Waals surface area contributed by atoms with Crippen LogP contribution in [0, 0.1) is 4.64 Å². The number of hydrogen-bond acceptors (Lipinski definition) is 5. The van der Waals surface area contributed by atoms with Gasteiger partial charge in [-0.2, -0.15) is 0 Å². The zero-order chi connectivity index (χ0) is 17.4. The molecule has 25 heavy (non-hydrogen) atoms. The maximum Gasteiger partial charge on any atom is 0.205 e. The third kappa shape index (κ3) is 2.74. The summed E-state index contributed by atoms with van der Waals surface area (Å²) in [5.41, 5.74) is 2.78. The molecule has 1 N–H and O–H groups in total. The Balaban J connectivity index is 1.82. The Morgan fingerprint density at radius 3 is 2.76 bits per heavy atom. The summed E-state index contributed by atoms with van der Waals surface area (Å²) in [6, 6.07) is 13.5. The van der Waals surface area contributed by atoms with Crippen LogP contribution < -0.4 is 14.2 Å². The number of nitrogens with one attached hydrogen (secondary N) is 1. The van der Waals surface area contributed by atoms with Crippen LogP contribution >= 0.6 is 12.2 Å². The quantitative estimate of drug-likeness (QED) is 0.549. The molecule has 0 unspecified atom stereocenters. The van der Waals surface area contributed by atoms with Crippen molar-refractivity contribution in [3.63, 3.8) is 0 Å². The predicted octanol–water partition coefficient (Wildman–Crippen LogP) is 4.52. The highest BCUT2D eigenvalue weighted by Gasteiger charge is 2.23. The van der Waals surface area contributed by atoms with Crippen molar-refractivity contribution in [2.24, 2.45) is 0 Å². The Hall–Kier alpha value is -2.86. The fourth-order valence-electron chi connectivity index (χ4n) is 2.90. The monoisotopic (exact) mass is 352 g/mol. The largest absolute Gasteiger partial charge is 0.497 e. The van der Waals surface area contributed by atoms with Gasteiger partial charge in [-0.1, -0.05) is 36.5 Å². The third-order valence-electron chi connectivity index (χ3n) is 4.17. The maximum atomic E-state index is 6.08. The van der Waals surface area contributed by atoms with Crippen molar-refractivity contribution in [2.75, 3.05) is 14.2 Å². The number of aromatic amines is 1. The molecule has 1 aromatic heterocycles. The van der Waals surface area contributed by atoms with Crippen molar-refractivity contribution in [3.05, 3.63) is 58.2 Å². The summed E-state index contributed by atoms with van der Waals surface area (Å²) in [5.74, 6) is 3.41. The van der Waals surface area contributed by atoms with E-state index in [-0.39, 0.29) is 0 Å². The standard InChI is InChI=1S/C19H16N2O3S/c1-22-13-7-3-6-12(9-13)17-20-18-14(19(25)21-17)10-11-5-4-8-15(23-2)16(11)24-18/h3-9H,10H2,1-2H3,(H,20,21,25). The van der Waals surface area contributed by atoms with Gasteiger partial charge < -0.3 is 19.2 Å². The van der Waals surface area contributed by atoms with E-state index in [2.05, 4.69) is 9.97 Å². The van der Waals surface area contributed by atoms with E-state index in [1.807, 2.05) is 42.5 Å². The number of H-pyrrole nitrogens is 1. The van der Waals surface area contributed by atoms with Crippen molar-refractivity contribution >= 4 is 12.2 Å². The van der Waals surface area contributed by atoms with Gasteiger partial charge in [-0.15, -0.1) is 0 Å². The Kier molecular flexibility index (Phi) is 3.89. The van der Waals surface area contributed by atoms with E-state index in [1.165, 1.54) is 0 Å². The number of methoxy groups -OCH3 is 2. The van der Waals surface area contributed by atoms with Gasteiger partial charge in [0.1, 0.15) is 16.2 Å². The number of hydrogen-bond donors (Lipinski definition) is 1. The molecule has 4 rings (SSSR count). The molecule has 1 aliphatic heterocycles. The fourth-order valence-corrected chi connectivity index (χ4v) is 3.15. The Labute approximate surface area is 150 Å². The molecule has 126 valence electrons. The second kappa shape index (κ2) is 6.22. The molecule has 0 radical (unpaired) electrons. The molecule has 0 atom stereocenters. The molecule has 3 aromatic rings. The summed E-state index contributed by atoms with van der Waals surface area (Å²) in [5, 5.41) is 0. The number of aromatic nitrogens is 2. The lowest BCUT2D eigenvalue weighted by molar-refractivity contribution is 0.365. The van der Waals surface area contributed by atoms with Gasteiger partial charge in [0.15, 0.2) is 11.5 Å². The number of para-hydroxylation sites is 1. The first-order valence-electron chi connectivity index (χ1n) is 7.81. The zero-order valence-electron chi connectivity index (χ0n) is 13.8. The van der Waals surface area contributed by atoms with E-state index in [0.717, 1.165) is 22.4 Å². The number of benzene rings is 2. The van der Waals surface area contributed by atoms with Gasteiger partial charge in [-0.3, -0.25) is 0 Å². The summed E-state index contributed by atoms with van der Waals surface area (Å²) in [6.45, 7) is 0. The maximum absolute atomic E-state index is 6.08. The molecule has 0 bridgehead atoms. The fraction of sp³-hybridized carbons (Fsp3) is 0.158. The predicted molar refractivity (Wildman–Crippen MR) is 97.3 cm³/mol. The molecule has 0 spiro atoms. The molecule has 0 amide bonds. The highest BCUT2D eigenvalue weighted by Crippen LogP contribution is 2.42. The van der Waals surface area contributed by atoms with Crippen molar-refractivity contribution in [1.29, 1.82) is 0 Å². The second-order valence-corrected chi connectivity index (χ2v) is 6.04. The molecular formula is C19H16N2O3S. The Bertz CT molecular complexity index is 1010. The highest BCUT2D eigenvalue weighted by atomic mass is 32.1. The average Bonchev–Trinajstić information content (AvgIpc) is 2.66. The number of rotatable bonds is 3. The van der Waals surface area contributed by atoms with Gasteiger partial charge in [-0.05, 0) is 18.2 Å². The Morgan fingerprint density at radius 1 is 1.12 bits per heavy atom.